The van der Waals surface area contributed by atoms with Crippen molar-refractivity contribution in [3.05, 3.63) is 71.8 Å². The topological polar surface area (TPSA) is 38.7 Å². The van der Waals surface area contributed by atoms with E-state index in [1.165, 1.54) is 7.11 Å². The molecular weight excluding hydrogens is 310 g/mol. The summed E-state index contributed by atoms with van der Waals surface area (Å²) in [5, 5.41) is 0. The molecule has 0 amide bonds. The molecule has 2 aromatic carbocycles. The first-order valence-electron chi connectivity index (χ1n) is 7.57. The summed E-state index contributed by atoms with van der Waals surface area (Å²) in [6.45, 7) is 0. The summed E-state index contributed by atoms with van der Waals surface area (Å²) in [5.74, 6) is -0.293. The zero-order valence-electron chi connectivity index (χ0n) is 12.9. The summed E-state index contributed by atoms with van der Waals surface area (Å²) in [7, 11) is 1.38. The molecule has 1 aliphatic rings. The van der Waals surface area contributed by atoms with Gasteiger partial charge in [-0.2, -0.15) is 0 Å². The van der Waals surface area contributed by atoms with Gasteiger partial charge >= 0.3 is 5.97 Å². The molecule has 0 saturated heterocycles. The Morgan fingerprint density at radius 1 is 1.13 bits per heavy atom. The van der Waals surface area contributed by atoms with Gasteiger partial charge in [-0.05, 0) is 6.42 Å². The summed E-state index contributed by atoms with van der Waals surface area (Å²) in [5.41, 5.74) is 2.99. The van der Waals surface area contributed by atoms with Crippen LogP contribution in [0.25, 0.3) is 0 Å². The van der Waals surface area contributed by atoms with Crippen molar-refractivity contribution in [2.75, 3.05) is 7.11 Å². The normalized spacial score (nSPS) is 22.3. The van der Waals surface area contributed by atoms with E-state index in [-0.39, 0.29) is 18.4 Å². The SMILES string of the molecule is COC(=O)CC1(Cl)CC1N=C(c1ccccc1)c1ccccc1. The van der Waals surface area contributed by atoms with Crippen molar-refractivity contribution >= 4 is 23.3 Å². The van der Waals surface area contributed by atoms with E-state index in [9.17, 15) is 4.79 Å². The van der Waals surface area contributed by atoms with Crippen LogP contribution in [0.3, 0.4) is 0 Å². The summed E-state index contributed by atoms with van der Waals surface area (Å²) in [6, 6.07) is 20.0. The minimum absolute atomic E-state index is 0.0707. The molecule has 0 radical (unpaired) electrons. The van der Waals surface area contributed by atoms with Gasteiger partial charge in [-0.3, -0.25) is 9.79 Å². The van der Waals surface area contributed by atoms with Crippen LogP contribution in [0, 0.1) is 0 Å². The first-order chi connectivity index (χ1) is 11.1. The fourth-order valence-electron chi connectivity index (χ4n) is 2.59. The minimum atomic E-state index is -0.609. The number of aliphatic imine (C=N–C) groups is 1. The summed E-state index contributed by atoms with van der Waals surface area (Å²) < 4.78 is 4.72. The maximum absolute atomic E-state index is 11.5. The van der Waals surface area contributed by atoms with Crippen LogP contribution in [-0.2, 0) is 9.53 Å². The Labute approximate surface area is 141 Å². The van der Waals surface area contributed by atoms with Gasteiger partial charge in [0.25, 0.3) is 0 Å². The Morgan fingerprint density at radius 2 is 1.65 bits per heavy atom. The van der Waals surface area contributed by atoms with Gasteiger partial charge in [0.05, 0.1) is 30.2 Å². The number of esters is 1. The van der Waals surface area contributed by atoms with Crippen molar-refractivity contribution in [1.82, 2.24) is 0 Å². The van der Waals surface area contributed by atoms with E-state index in [4.69, 9.17) is 21.3 Å². The lowest BCUT2D eigenvalue weighted by Gasteiger charge is -2.09. The van der Waals surface area contributed by atoms with Gasteiger partial charge in [0.15, 0.2) is 0 Å². The number of hydrogen-bond acceptors (Lipinski definition) is 3. The van der Waals surface area contributed by atoms with Crippen LogP contribution >= 0.6 is 11.6 Å². The Hall–Kier alpha value is -2.13. The molecule has 0 spiro atoms. The van der Waals surface area contributed by atoms with Gasteiger partial charge in [0.2, 0.25) is 0 Å². The smallest absolute Gasteiger partial charge is 0.307 e. The molecule has 0 heterocycles. The molecule has 3 rings (SSSR count). The molecule has 2 unspecified atom stereocenters. The third-order valence-corrected chi connectivity index (χ3v) is 4.55. The van der Waals surface area contributed by atoms with Crippen molar-refractivity contribution in [2.45, 2.75) is 23.8 Å². The number of methoxy groups -OCH3 is 1. The largest absolute Gasteiger partial charge is 0.469 e. The first kappa shape index (κ1) is 15.8. The number of ether oxygens (including phenoxy) is 1. The summed E-state index contributed by atoms with van der Waals surface area (Å²) >= 11 is 6.50. The van der Waals surface area contributed by atoms with E-state index >= 15 is 0 Å². The van der Waals surface area contributed by atoms with Crippen LogP contribution in [0.15, 0.2) is 65.7 Å². The van der Waals surface area contributed by atoms with Crippen molar-refractivity contribution in [2.24, 2.45) is 4.99 Å². The molecule has 3 nitrogen and oxygen atoms in total. The summed E-state index contributed by atoms with van der Waals surface area (Å²) in [6.07, 6.45) is 0.878. The van der Waals surface area contributed by atoms with Crippen molar-refractivity contribution in [3.8, 4) is 0 Å². The molecule has 118 valence electrons. The van der Waals surface area contributed by atoms with Crippen LogP contribution in [0.2, 0.25) is 0 Å². The zero-order valence-corrected chi connectivity index (χ0v) is 13.7. The number of rotatable bonds is 5. The van der Waals surface area contributed by atoms with Crippen LogP contribution < -0.4 is 0 Å². The van der Waals surface area contributed by atoms with E-state index in [1.54, 1.807) is 0 Å². The van der Waals surface area contributed by atoms with Crippen molar-refractivity contribution in [1.29, 1.82) is 0 Å². The second-order valence-corrected chi connectivity index (χ2v) is 6.47. The Balaban J connectivity index is 1.90. The highest BCUT2D eigenvalue weighted by molar-refractivity contribution is 6.28. The predicted molar refractivity (Wildman–Crippen MR) is 92.1 cm³/mol. The van der Waals surface area contributed by atoms with Gasteiger partial charge in [0.1, 0.15) is 0 Å². The number of halogens is 1. The van der Waals surface area contributed by atoms with Gasteiger partial charge in [-0.25, -0.2) is 0 Å². The highest BCUT2D eigenvalue weighted by Crippen LogP contribution is 2.49. The molecule has 0 aliphatic heterocycles. The third kappa shape index (κ3) is 3.62. The molecule has 1 saturated carbocycles. The first-order valence-corrected chi connectivity index (χ1v) is 7.94. The molecular formula is C19H18ClNO2. The van der Waals surface area contributed by atoms with E-state index in [0.29, 0.717) is 6.42 Å². The molecule has 0 bridgehead atoms. The number of nitrogens with zero attached hydrogens (tertiary/aromatic N) is 1. The van der Waals surface area contributed by atoms with Gasteiger partial charge in [-0.15, -0.1) is 11.6 Å². The summed E-state index contributed by atoms with van der Waals surface area (Å²) in [4.78, 5) is 15.7. The van der Waals surface area contributed by atoms with Crippen LogP contribution in [0.1, 0.15) is 24.0 Å². The lowest BCUT2D eigenvalue weighted by molar-refractivity contribution is -0.140. The third-order valence-electron chi connectivity index (χ3n) is 4.02. The Bertz CT molecular complexity index is 673. The molecule has 4 heteroatoms. The van der Waals surface area contributed by atoms with E-state index < -0.39 is 4.87 Å². The fraction of sp³-hybridized carbons (Fsp3) is 0.263. The van der Waals surface area contributed by atoms with Crippen LogP contribution in [0.5, 0.6) is 0 Å². The quantitative estimate of drug-likeness (QED) is 0.475. The number of carbonyl (C=O) groups excluding carboxylic acids is 1. The standard InChI is InChI=1S/C19H18ClNO2/c1-23-17(22)13-19(20)12-16(19)21-18(14-8-4-2-5-9-14)15-10-6-3-7-11-15/h2-11,16H,12-13H2,1H3. The Morgan fingerprint density at radius 3 is 2.13 bits per heavy atom. The van der Waals surface area contributed by atoms with Gasteiger partial charge < -0.3 is 4.74 Å². The highest BCUT2D eigenvalue weighted by Gasteiger charge is 2.55. The molecule has 1 aliphatic carbocycles. The van der Waals surface area contributed by atoms with Crippen molar-refractivity contribution in [3.63, 3.8) is 0 Å². The maximum atomic E-state index is 11.5. The fourth-order valence-corrected chi connectivity index (χ4v) is 2.89. The van der Waals surface area contributed by atoms with E-state index in [2.05, 4.69) is 0 Å². The molecule has 23 heavy (non-hydrogen) atoms. The second kappa shape index (κ2) is 6.55. The number of alkyl halides is 1. The van der Waals surface area contributed by atoms with Gasteiger partial charge in [0, 0.05) is 11.1 Å². The van der Waals surface area contributed by atoms with Crippen LogP contribution in [0.4, 0.5) is 0 Å². The predicted octanol–water partition coefficient (Wildman–Crippen LogP) is 3.84. The average Bonchev–Trinajstić information content (AvgIpc) is 3.23. The van der Waals surface area contributed by atoms with Gasteiger partial charge in [-0.1, -0.05) is 60.7 Å². The number of hydrogen-bond donors (Lipinski definition) is 0. The second-order valence-electron chi connectivity index (χ2n) is 5.72. The van der Waals surface area contributed by atoms with Crippen LogP contribution in [-0.4, -0.2) is 29.7 Å². The maximum Gasteiger partial charge on any atom is 0.307 e. The molecule has 2 aromatic rings. The van der Waals surface area contributed by atoms with Crippen molar-refractivity contribution < 1.29 is 9.53 Å². The monoisotopic (exact) mass is 327 g/mol. The number of benzene rings is 2. The molecule has 2 atom stereocenters. The lowest BCUT2D eigenvalue weighted by atomic mass is 10.0. The zero-order chi connectivity index (χ0) is 16.3. The average molecular weight is 328 g/mol. The number of carbonyl (C=O) groups is 1. The lowest BCUT2D eigenvalue weighted by Crippen LogP contribution is -2.15. The minimum Gasteiger partial charge on any atom is -0.469 e. The molecule has 0 aromatic heterocycles. The molecule has 1 fully saturated rings. The highest BCUT2D eigenvalue weighted by atomic mass is 35.5. The molecule has 0 N–H and O–H groups in total. The van der Waals surface area contributed by atoms with E-state index in [0.717, 1.165) is 16.8 Å². The van der Waals surface area contributed by atoms with E-state index in [1.807, 2.05) is 60.7 Å². The Kier molecular flexibility index (Phi) is 4.49.